The normalized spacial score (nSPS) is 25.5. The Balaban J connectivity index is 3.50. The molecule has 0 aromatic rings. The minimum absolute atomic E-state index is 0.0996. The SMILES string of the molecule is CCOC(=O)C1(C(=O)[C@H](C)N)C=CC(N)=CC1C(=O)C(C)C. The van der Waals surface area contributed by atoms with Crippen molar-refractivity contribution in [3.8, 4) is 0 Å². The third-order valence-electron chi connectivity index (χ3n) is 3.70. The number of Topliss-reactive ketones (excluding diaryl/α,β-unsaturated/α-hetero) is 2. The highest BCUT2D eigenvalue weighted by atomic mass is 16.5. The number of ether oxygens (including phenoxy) is 1. The highest BCUT2D eigenvalue weighted by Gasteiger charge is 2.55. The van der Waals surface area contributed by atoms with Crippen LogP contribution in [0.1, 0.15) is 27.7 Å². The molecule has 0 heterocycles. The number of ketones is 2. The lowest BCUT2D eigenvalue weighted by Gasteiger charge is -2.36. The fourth-order valence-electron chi connectivity index (χ4n) is 2.53. The molecule has 2 unspecified atom stereocenters. The van der Waals surface area contributed by atoms with Crippen LogP contribution in [-0.2, 0) is 19.1 Å². The molecule has 4 N–H and O–H groups in total. The van der Waals surface area contributed by atoms with E-state index < -0.39 is 29.1 Å². The number of nitrogens with two attached hydrogens (primary N) is 2. The average molecular weight is 308 g/mol. The number of carbonyl (C=O) groups is 3. The zero-order chi connectivity index (χ0) is 17.1. The van der Waals surface area contributed by atoms with Gasteiger partial charge in [-0.2, -0.15) is 0 Å². The number of allylic oxidation sites excluding steroid dienone is 2. The van der Waals surface area contributed by atoms with Gasteiger partial charge < -0.3 is 16.2 Å². The molecular weight excluding hydrogens is 284 g/mol. The largest absolute Gasteiger partial charge is 0.465 e. The molecule has 3 atom stereocenters. The zero-order valence-electron chi connectivity index (χ0n) is 13.5. The van der Waals surface area contributed by atoms with Gasteiger partial charge in [0.1, 0.15) is 5.78 Å². The van der Waals surface area contributed by atoms with Crippen molar-refractivity contribution in [1.82, 2.24) is 0 Å². The lowest BCUT2D eigenvalue weighted by molar-refractivity contribution is -0.162. The summed E-state index contributed by atoms with van der Waals surface area (Å²) in [4.78, 5) is 37.8. The van der Waals surface area contributed by atoms with E-state index in [-0.39, 0.29) is 18.3 Å². The molecule has 0 fully saturated rings. The molecule has 0 amide bonds. The van der Waals surface area contributed by atoms with Gasteiger partial charge in [0.25, 0.3) is 0 Å². The molecule has 22 heavy (non-hydrogen) atoms. The maximum atomic E-state index is 12.7. The van der Waals surface area contributed by atoms with Crippen LogP contribution in [0.2, 0.25) is 0 Å². The quantitative estimate of drug-likeness (QED) is 0.552. The number of carbonyl (C=O) groups excluding carboxylic acids is 3. The molecule has 122 valence electrons. The summed E-state index contributed by atoms with van der Waals surface area (Å²) >= 11 is 0. The molecule has 0 spiro atoms. The fourth-order valence-corrected chi connectivity index (χ4v) is 2.53. The van der Waals surface area contributed by atoms with Gasteiger partial charge in [0, 0.05) is 11.6 Å². The van der Waals surface area contributed by atoms with Crippen molar-refractivity contribution >= 4 is 17.5 Å². The molecule has 0 aromatic heterocycles. The maximum Gasteiger partial charge on any atom is 0.324 e. The molecular formula is C16H24N2O4. The second-order valence-corrected chi connectivity index (χ2v) is 5.78. The summed E-state index contributed by atoms with van der Waals surface area (Å²) in [6, 6.07) is -0.913. The minimum Gasteiger partial charge on any atom is -0.465 e. The molecule has 0 saturated heterocycles. The van der Waals surface area contributed by atoms with Crippen LogP contribution in [0.4, 0.5) is 0 Å². The molecule has 0 radical (unpaired) electrons. The molecule has 6 heteroatoms. The summed E-state index contributed by atoms with van der Waals surface area (Å²) < 4.78 is 5.06. The van der Waals surface area contributed by atoms with E-state index in [1.54, 1.807) is 20.8 Å². The van der Waals surface area contributed by atoms with Gasteiger partial charge in [0.2, 0.25) is 0 Å². The first kappa shape index (κ1) is 18.1. The lowest BCUT2D eigenvalue weighted by atomic mass is 9.65. The van der Waals surface area contributed by atoms with Crippen LogP contribution >= 0.6 is 0 Å². The van der Waals surface area contributed by atoms with Gasteiger partial charge in [-0.05, 0) is 26.0 Å². The van der Waals surface area contributed by atoms with E-state index in [9.17, 15) is 14.4 Å². The first-order valence-electron chi connectivity index (χ1n) is 7.35. The highest BCUT2D eigenvalue weighted by molar-refractivity contribution is 6.12. The van der Waals surface area contributed by atoms with Gasteiger partial charge in [-0.15, -0.1) is 0 Å². The Morgan fingerprint density at radius 1 is 1.32 bits per heavy atom. The Kier molecular flexibility index (Phi) is 5.65. The van der Waals surface area contributed by atoms with E-state index in [0.29, 0.717) is 5.70 Å². The van der Waals surface area contributed by atoms with Crippen LogP contribution in [0.5, 0.6) is 0 Å². The van der Waals surface area contributed by atoms with E-state index in [4.69, 9.17) is 16.2 Å². The van der Waals surface area contributed by atoms with Gasteiger partial charge in [-0.3, -0.25) is 14.4 Å². The third-order valence-corrected chi connectivity index (χ3v) is 3.70. The Bertz CT molecular complexity index is 534. The van der Waals surface area contributed by atoms with Crippen molar-refractivity contribution in [2.24, 2.45) is 28.7 Å². The van der Waals surface area contributed by atoms with Crippen LogP contribution in [-0.4, -0.2) is 30.2 Å². The molecule has 1 aliphatic rings. The zero-order valence-corrected chi connectivity index (χ0v) is 13.5. The van der Waals surface area contributed by atoms with Gasteiger partial charge in [-0.25, -0.2) is 0 Å². The maximum absolute atomic E-state index is 12.7. The summed E-state index contributed by atoms with van der Waals surface area (Å²) in [6.45, 7) is 6.63. The van der Waals surface area contributed by atoms with E-state index in [0.717, 1.165) is 0 Å². The minimum atomic E-state index is -1.74. The summed E-state index contributed by atoms with van der Waals surface area (Å²) in [5.41, 5.74) is 10.1. The van der Waals surface area contributed by atoms with E-state index in [2.05, 4.69) is 0 Å². The number of esters is 1. The van der Waals surface area contributed by atoms with Crippen LogP contribution < -0.4 is 11.5 Å². The third kappa shape index (κ3) is 3.11. The van der Waals surface area contributed by atoms with Gasteiger partial charge >= 0.3 is 5.97 Å². The van der Waals surface area contributed by atoms with E-state index in [1.165, 1.54) is 25.2 Å². The molecule has 6 nitrogen and oxygen atoms in total. The van der Waals surface area contributed by atoms with Crippen molar-refractivity contribution in [2.45, 2.75) is 33.7 Å². The van der Waals surface area contributed by atoms with E-state index in [1.807, 2.05) is 0 Å². The van der Waals surface area contributed by atoms with Crippen molar-refractivity contribution in [1.29, 1.82) is 0 Å². The van der Waals surface area contributed by atoms with Crippen LogP contribution in [0.15, 0.2) is 23.9 Å². The van der Waals surface area contributed by atoms with Gasteiger partial charge in [0.15, 0.2) is 11.2 Å². The molecule has 0 aliphatic heterocycles. The monoisotopic (exact) mass is 308 g/mol. The number of hydrogen-bond donors (Lipinski definition) is 2. The van der Waals surface area contributed by atoms with Gasteiger partial charge in [-0.1, -0.05) is 19.9 Å². The molecule has 0 aromatic carbocycles. The van der Waals surface area contributed by atoms with Crippen LogP contribution in [0.3, 0.4) is 0 Å². The van der Waals surface area contributed by atoms with Crippen LogP contribution in [0, 0.1) is 17.3 Å². The van der Waals surface area contributed by atoms with Crippen LogP contribution in [0.25, 0.3) is 0 Å². The first-order valence-corrected chi connectivity index (χ1v) is 7.35. The fraction of sp³-hybridized carbons (Fsp3) is 0.562. The first-order chi connectivity index (χ1) is 10.2. The second kappa shape index (κ2) is 6.87. The Morgan fingerprint density at radius 3 is 2.36 bits per heavy atom. The predicted molar refractivity (Wildman–Crippen MR) is 82.5 cm³/mol. The molecule has 0 bridgehead atoms. The Morgan fingerprint density at radius 2 is 1.91 bits per heavy atom. The number of rotatable bonds is 6. The highest BCUT2D eigenvalue weighted by Crippen LogP contribution is 2.40. The standard InChI is InChI=1S/C16H24N2O4/c1-5-22-15(21)16(14(20)10(4)17)7-6-11(18)8-12(16)13(19)9(2)3/h6-10,12H,5,17-18H2,1-4H3/t10-,12?,16?/m0/s1. The summed E-state index contributed by atoms with van der Waals surface area (Å²) in [5.74, 6) is -2.94. The summed E-state index contributed by atoms with van der Waals surface area (Å²) in [6.07, 6.45) is 4.25. The summed E-state index contributed by atoms with van der Waals surface area (Å²) in [5, 5.41) is 0. The average Bonchev–Trinajstić information content (AvgIpc) is 2.45. The second-order valence-electron chi connectivity index (χ2n) is 5.78. The Labute approximate surface area is 130 Å². The van der Waals surface area contributed by atoms with Gasteiger partial charge in [0.05, 0.1) is 18.6 Å². The van der Waals surface area contributed by atoms with Crippen molar-refractivity contribution in [3.63, 3.8) is 0 Å². The lowest BCUT2D eigenvalue weighted by Crippen LogP contribution is -2.54. The smallest absolute Gasteiger partial charge is 0.324 e. The Hall–Kier alpha value is -1.95. The predicted octanol–water partition coefficient (Wildman–Crippen LogP) is 0.706. The molecule has 1 aliphatic carbocycles. The van der Waals surface area contributed by atoms with Crippen molar-refractivity contribution in [3.05, 3.63) is 23.9 Å². The topological polar surface area (TPSA) is 112 Å². The number of hydrogen-bond acceptors (Lipinski definition) is 6. The van der Waals surface area contributed by atoms with E-state index >= 15 is 0 Å². The van der Waals surface area contributed by atoms with Crippen molar-refractivity contribution in [2.75, 3.05) is 6.61 Å². The molecule has 0 saturated carbocycles. The molecule has 1 rings (SSSR count). The van der Waals surface area contributed by atoms with Crippen molar-refractivity contribution < 1.29 is 19.1 Å². The summed E-state index contributed by atoms with van der Waals surface area (Å²) in [7, 11) is 0.